The van der Waals surface area contributed by atoms with E-state index in [4.69, 9.17) is 0 Å². The largest absolute Gasteiger partial charge is 0.345 e. The third kappa shape index (κ3) is 2.47. The molecule has 6 heteroatoms. The number of nitrogens with zero attached hydrogens (tertiary/aromatic N) is 4. The van der Waals surface area contributed by atoms with Gasteiger partial charge in [-0.05, 0) is 32.0 Å². The van der Waals surface area contributed by atoms with Gasteiger partial charge in [-0.15, -0.1) is 0 Å². The van der Waals surface area contributed by atoms with Gasteiger partial charge >= 0.3 is 0 Å². The molecule has 3 aromatic rings. The van der Waals surface area contributed by atoms with Crippen molar-refractivity contribution in [3.8, 4) is 0 Å². The van der Waals surface area contributed by atoms with Crippen molar-refractivity contribution in [2.24, 2.45) is 14.1 Å². The third-order valence-corrected chi connectivity index (χ3v) is 3.85. The zero-order chi connectivity index (χ0) is 15.9. The first-order chi connectivity index (χ1) is 10.5. The summed E-state index contributed by atoms with van der Waals surface area (Å²) in [5.74, 6) is -0.108. The molecule has 6 nitrogen and oxygen atoms in total. The number of carbonyl (C=O) groups is 1. The zero-order valence-corrected chi connectivity index (χ0v) is 13.2. The number of benzene rings is 1. The number of nitrogens with one attached hydrogen (secondary N) is 1. The second-order valence-electron chi connectivity index (χ2n) is 5.60. The molecule has 1 aromatic carbocycles. The van der Waals surface area contributed by atoms with Crippen molar-refractivity contribution in [1.82, 2.24) is 24.6 Å². The van der Waals surface area contributed by atoms with Crippen LogP contribution in [0.4, 0.5) is 0 Å². The Kier molecular flexibility index (Phi) is 3.44. The predicted octanol–water partition coefficient (Wildman–Crippen LogP) is 2.11. The number of aryl methyl sites for hydroxylation is 3. The molecule has 0 fully saturated rings. The van der Waals surface area contributed by atoms with Crippen LogP contribution < -0.4 is 5.32 Å². The van der Waals surface area contributed by atoms with Gasteiger partial charge in [-0.1, -0.05) is 0 Å². The second-order valence-corrected chi connectivity index (χ2v) is 5.60. The molecule has 1 N–H and O–H groups in total. The lowest BCUT2D eigenvalue weighted by atomic mass is 10.1. The molecule has 22 heavy (non-hydrogen) atoms. The number of hydrogen-bond donors (Lipinski definition) is 1. The molecule has 114 valence electrons. The standard InChI is InChI=1S/C16H19N5O/c1-10(13-8-21(4)19-11(13)2)18-16(22)12-5-6-15-14(7-12)17-9-20(15)3/h5-10H,1-4H3,(H,18,22). The maximum absolute atomic E-state index is 12.4. The van der Waals surface area contributed by atoms with Crippen molar-refractivity contribution in [3.05, 3.63) is 47.5 Å². The van der Waals surface area contributed by atoms with Gasteiger partial charge in [0.25, 0.3) is 5.91 Å². The molecule has 0 saturated carbocycles. The molecule has 0 saturated heterocycles. The Morgan fingerprint density at radius 2 is 2.09 bits per heavy atom. The lowest BCUT2D eigenvalue weighted by Crippen LogP contribution is -2.26. The van der Waals surface area contributed by atoms with Crippen molar-refractivity contribution in [1.29, 1.82) is 0 Å². The lowest BCUT2D eigenvalue weighted by Gasteiger charge is -2.13. The average Bonchev–Trinajstić information content (AvgIpc) is 3.01. The fraction of sp³-hybridized carbons (Fsp3) is 0.312. The maximum atomic E-state index is 12.4. The Balaban J connectivity index is 1.82. The van der Waals surface area contributed by atoms with Gasteiger partial charge in [0.2, 0.25) is 0 Å². The zero-order valence-electron chi connectivity index (χ0n) is 13.2. The summed E-state index contributed by atoms with van der Waals surface area (Å²) in [6.07, 6.45) is 3.68. The Hall–Kier alpha value is -2.63. The van der Waals surface area contributed by atoms with E-state index in [1.165, 1.54) is 0 Å². The number of aromatic nitrogens is 4. The molecule has 0 radical (unpaired) electrons. The van der Waals surface area contributed by atoms with E-state index in [-0.39, 0.29) is 11.9 Å². The molecule has 0 aliphatic rings. The minimum atomic E-state index is -0.108. The Bertz CT molecular complexity index is 845. The topological polar surface area (TPSA) is 64.7 Å². The summed E-state index contributed by atoms with van der Waals surface area (Å²) in [6.45, 7) is 3.90. The first-order valence-electron chi connectivity index (χ1n) is 7.18. The highest BCUT2D eigenvalue weighted by Gasteiger charge is 2.16. The summed E-state index contributed by atoms with van der Waals surface area (Å²) >= 11 is 0. The molecule has 2 aromatic heterocycles. The first-order valence-corrected chi connectivity index (χ1v) is 7.18. The Labute approximate surface area is 128 Å². The van der Waals surface area contributed by atoms with Gasteiger partial charge in [-0.2, -0.15) is 5.10 Å². The fourth-order valence-electron chi connectivity index (χ4n) is 2.68. The van der Waals surface area contributed by atoms with Crippen LogP contribution in [0.5, 0.6) is 0 Å². The smallest absolute Gasteiger partial charge is 0.251 e. The summed E-state index contributed by atoms with van der Waals surface area (Å²) in [4.78, 5) is 16.7. The van der Waals surface area contributed by atoms with Gasteiger partial charge in [0, 0.05) is 31.4 Å². The number of hydrogen-bond acceptors (Lipinski definition) is 3. The lowest BCUT2D eigenvalue weighted by molar-refractivity contribution is 0.0940. The van der Waals surface area contributed by atoms with Gasteiger partial charge < -0.3 is 9.88 Å². The van der Waals surface area contributed by atoms with E-state index in [1.807, 2.05) is 56.9 Å². The minimum Gasteiger partial charge on any atom is -0.345 e. The van der Waals surface area contributed by atoms with Crippen LogP contribution in [0.25, 0.3) is 11.0 Å². The van der Waals surface area contributed by atoms with Crippen molar-refractivity contribution < 1.29 is 4.79 Å². The molecule has 0 bridgehead atoms. The highest BCUT2D eigenvalue weighted by Crippen LogP contribution is 2.18. The minimum absolute atomic E-state index is 0.0966. The average molecular weight is 297 g/mol. The molecular weight excluding hydrogens is 278 g/mol. The summed E-state index contributed by atoms with van der Waals surface area (Å²) in [5.41, 5.74) is 4.39. The van der Waals surface area contributed by atoms with Crippen LogP contribution in [0, 0.1) is 6.92 Å². The number of amides is 1. The summed E-state index contributed by atoms with van der Waals surface area (Å²) in [7, 11) is 3.81. The first kappa shape index (κ1) is 14.3. The van der Waals surface area contributed by atoms with Crippen LogP contribution in [0.2, 0.25) is 0 Å². The molecular formula is C16H19N5O. The number of carbonyl (C=O) groups excluding carboxylic acids is 1. The monoisotopic (exact) mass is 297 g/mol. The predicted molar refractivity (Wildman–Crippen MR) is 84.5 cm³/mol. The molecule has 0 aliphatic heterocycles. The van der Waals surface area contributed by atoms with Crippen LogP contribution in [-0.4, -0.2) is 25.2 Å². The van der Waals surface area contributed by atoms with Gasteiger partial charge in [-0.3, -0.25) is 9.48 Å². The highest BCUT2D eigenvalue weighted by molar-refractivity contribution is 5.97. The van der Waals surface area contributed by atoms with Crippen molar-refractivity contribution >= 4 is 16.9 Å². The SMILES string of the molecule is Cc1nn(C)cc1C(C)NC(=O)c1ccc2c(c1)ncn2C. The molecule has 1 unspecified atom stereocenters. The number of imidazole rings is 1. The second kappa shape index (κ2) is 5.29. The Morgan fingerprint density at radius 1 is 1.32 bits per heavy atom. The third-order valence-electron chi connectivity index (χ3n) is 3.85. The number of rotatable bonds is 3. The molecule has 1 atom stereocenters. The van der Waals surface area contributed by atoms with Crippen LogP contribution in [-0.2, 0) is 14.1 Å². The van der Waals surface area contributed by atoms with Gasteiger partial charge in [0.1, 0.15) is 0 Å². The van der Waals surface area contributed by atoms with E-state index < -0.39 is 0 Å². The highest BCUT2D eigenvalue weighted by atomic mass is 16.1. The summed E-state index contributed by atoms with van der Waals surface area (Å²) < 4.78 is 3.69. The molecule has 0 spiro atoms. The van der Waals surface area contributed by atoms with Crippen LogP contribution in [0.15, 0.2) is 30.7 Å². The van der Waals surface area contributed by atoms with Crippen LogP contribution in [0.1, 0.15) is 34.6 Å². The van der Waals surface area contributed by atoms with Gasteiger partial charge in [0.05, 0.1) is 29.1 Å². The fourth-order valence-corrected chi connectivity index (χ4v) is 2.68. The van der Waals surface area contributed by atoms with Crippen LogP contribution >= 0.6 is 0 Å². The van der Waals surface area contributed by atoms with E-state index in [9.17, 15) is 4.79 Å². The normalized spacial score (nSPS) is 12.5. The van der Waals surface area contributed by atoms with Crippen molar-refractivity contribution in [2.75, 3.05) is 0 Å². The van der Waals surface area contributed by atoms with Gasteiger partial charge in [-0.25, -0.2) is 4.98 Å². The van der Waals surface area contributed by atoms with E-state index in [1.54, 1.807) is 11.0 Å². The summed E-state index contributed by atoms with van der Waals surface area (Å²) in [5, 5.41) is 7.32. The van der Waals surface area contributed by atoms with E-state index in [0.29, 0.717) is 5.56 Å². The molecule has 0 aliphatic carbocycles. The maximum Gasteiger partial charge on any atom is 0.251 e. The number of fused-ring (bicyclic) bond motifs is 1. The quantitative estimate of drug-likeness (QED) is 0.805. The van der Waals surface area contributed by atoms with Crippen LogP contribution in [0.3, 0.4) is 0 Å². The van der Waals surface area contributed by atoms with E-state index in [0.717, 1.165) is 22.3 Å². The van der Waals surface area contributed by atoms with E-state index in [2.05, 4.69) is 15.4 Å². The van der Waals surface area contributed by atoms with Crippen molar-refractivity contribution in [2.45, 2.75) is 19.9 Å². The summed E-state index contributed by atoms with van der Waals surface area (Å²) in [6, 6.07) is 5.45. The Morgan fingerprint density at radius 3 is 2.77 bits per heavy atom. The molecule has 1 amide bonds. The van der Waals surface area contributed by atoms with Gasteiger partial charge in [0.15, 0.2) is 0 Å². The molecule has 3 rings (SSSR count). The van der Waals surface area contributed by atoms with E-state index >= 15 is 0 Å². The molecule has 2 heterocycles. The van der Waals surface area contributed by atoms with Crippen molar-refractivity contribution in [3.63, 3.8) is 0 Å².